The molecule has 31 heavy (non-hydrogen) atoms. The molecular weight excluding hydrogens is 394 g/mol. The molecule has 4 rings (SSSR count). The minimum atomic E-state index is -0.590. The molecule has 0 aromatic heterocycles. The predicted molar refractivity (Wildman–Crippen MR) is 118 cm³/mol. The number of hydrogen-bond acceptors (Lipinski definition) is 5. The Balaban J connectivity index is 1.27. The lowest BCUT2D eigenvalue weighted by molar-refractivity contribution is -0.124. The molecule has 2 aromatic rings. The highest BCUT2D eigenvalue weighted by molar-refractivity contribution is 6.05. The third kappa shape index (κ3) is 4.87. The molecule has 2 aliphatic rings. The molecule has 162 valence electrons. The number of carbonyl (C=O) groups excluding carboxylic acids is 3. The molecule has 0 spiro atoms. The Morgan fingerprint density at radius 1 is 1.23 bits per heavy atom. The predicted octanol–water partition coefficient (Wildman–Crippen LogP) is 2.90. The number of benzene rings is 2. The van der Waals surface area contributed by atoms with Gasteiger partial charge in [-0.2, -0.15) is 0 Å². The van der Waals surface area contributed by atoms with Crippen LogP contribution in [-0.2, 0) is 20.7 Å². The molecule has 2 N–H and O–H groups in total. The molecule has 2 amide bonds. The fraction of sp³-hybridized carbons (Fsp3) is 0.375. The minimum Gasteiger partial charge on any atom is -0.452 e. The summed E-state index contributed by atoms with van der Waals surface area (Å²) in [6, 6.07) is 15.0. The number of amides is 2. The fourth-order valence-corrected chi connectivity index (χ4v) is 4.19. The summed E-state index contributed by atoms with van der Waals surface area (Å²) in [5.41, 5.74) is 3.05. The number of anilines is 2. The van der Waals surface area contributed by atoms with Crippen molar-refractivity contribution < 1.29 is 19.1 Å². The van der Waals surface area contributed by atoms with Crippen molar-refractivity contribution in [2.24, 2.45) is 0 Å². The Labute approximate surface area is 181 Å². The maximum atomic E-state index is 12.4. The van der Waals surface area contributed by atoms with Crippen LogP contribution in [0.4, 0.5) is 11.4 Å². The minimum absolute atomic E-state index is 0.0289. The maximum absolute atomic E-state index is 12.4. The molecule has 7 heteroatoms. The van der Waals surface area contributed by atoms with Crippen molar-refractivity contribution in [2.75, 3.05) is 23.4 Å². The summed E-state index contributed by atoms with van der Waals surface area (Å²) < 4.78 is 5.18. The Morgan fingerprint density at radius 3 is 2.84 bits per heavy atom. The molecule has 2 aromatic carbocycles. The highest BCUT2D eigenvalue weighted by Crippen LogP contribution is 2.37. The number of rotatable bonds is 7. The highest BCUT2D eigenvalue weighted by Gasteiger charge is 2.36. The first kappa shape index (κ1) is 20.9. The van der Waals surface area contributed by atoms with E-state index in [1.807, 2.05) is 31.2 Å². The molecule has 7 nitrogen and oxygen atoms in total. The third-order valence-electron chi connectivity index (χ3n) is 5.81. The van der Waals surface area contributed by atoms with Gasteiger partial charge in [-0.25, -0.2) is 4.79 Å². The van der Waals surface area contributed by atoms with Crippen LogP contribution in [0.5, 0.6) is 0 Å². The van der Waals surface area contributed by atoms with Gasteiger partial charge < -0.3 is 20.3 Å². The Morgan fingerprint density at radius 2 is 2.03 bits per heavy atom. The first-order valence-electron chi connectivity index (χ1n) is 10.7. The van der Waals surface area contributed by atoms with Crippen molar-refractivity contribution in [1.29, 1.82) is 0 Å². The Bertz CT molecular complexity index is 976. The lowest BCUT2D eigenvalue weighted by Crippen LogP contribution is -2.43. The molecule has 2 aliphatic heterocycles. The van der Waals surface area contributed by atoms with E-state index in [2.05, 4.69) is 27.7 Å². The summed E-state index contributed by atoms with van der Waals surface area (Å²) in [6.45, 7) is 2.42. The molecular formula is C24H27N3O4. The molecule has 1 fully saturated rings. The number of hydrogen-bond donors (Lipinski definition) is 2. The zero-order chi connectivity index (χ0) is 21.8. The van der Waals surface area contributed by atoms with Gasteiger partial charge in [0.15, 0.2) is 6.61 Å². The van der Waals surface area contributed by atoms with Crippen LogP contribution in [0.1, 0.15) is 42.1 Å². The molecule has 0 saturated carbocycles. The van der Waals surface area contributed by atoms with Gasteiger partial charge in [0.1, 0.15) is 6.04 Å². The largest absolute Gasteiger partial charge is 0.452 e. The monoisotopic (exact) mass is 421 g/mol. The average Bonchev–Trinajstić information content (AvgIpc) is 3.27. The van der Waals surface area contributed by atoms with Crippen molar-refractivity contribution >= 4 is 29.2 Å². The van der Waals surface area contributed by atoms with E-state index >= 15 is 0 Å². The van der Waals surface area contributed by atoms with Crippen LogP contribution in [0.3, 0.4) is 0 Å². The molecule has 0 bridgehead atoms. The van der Waals surface area contributed by atoms with E-state index in [9.17, 15) is 14.4 Å². The van der Waals surface area contributed by atoms with Gasteiger partial charge in [-0.1, -0.05) is 30.3 Å². The van der Waals surface area contributed by atoms with E-state index in [0.29, 0.717) is 11.3 Å². The summed E-state index contributed by atoms with van der Waals surface area (Å²) in [5.74, 6) is -0.966. The van der Waals surface area contributed by atoms with Gasteiger partial charge >= 0.3 is 5.97 Å². The number of nitrogens with one attached hydrogen (secondary N) is 2. The van der Waals surface area contributed by atoms with Gasteiger partial charge in [0.05, 0.1) is 16.9 Å². The van der Waals surface area contributed by atoms with Gasteiger partial charge in [0, 0.05) is 12.6 Å². The SMILES string of the molecule is C[C@@H](CCc1ccccc1)NC(=O)COC(=O)c1ccc2c(c1)NC(=O)[C@H]1CCCN21. The quantitative estimate of drug-likeness (QED) is 0.672. The number of aryl methyl sites for hydroxylation is 1. The van der Waals surface area contributed by atoms with Gasteiger partial charge in [0.2, 0.25) is 5.91 Å². The van der Waals surface area contributed by atoms with Crippen LogP contribution in [0.2, 0.25) is 0 Å². The second kappa shape index (κ2) is 9.20. The number of fused-ring (bicyclic) bond motifs is 3. The standard InChI is InChI=1S/C24H27N3O4/c1-16(9-10-17-6-3-2-4-7-17)25-22(28)15-31-24(30)18-11-12-20-19(14-18)26-23(29)21-8-5-13-27(20)21/h2-4,6-7,11-12,14,16,21H,5,8-10,13,15H2,1H3,(H,25,28)(H,26,29)/t16-,21+/m0/s1. The number of ether oxygens (including phenoxy) is 1. The number of esters is 1. The van der Waals surface area contributed by atoms with Gasteiger partial charge in [-0.05, 0) is 56.4 Å². The Hall–Kier alpha value is -3.35. The summed E-state index contributed by atoms with van der Waals surface area (Å²) in [6.07, 6.45) is 3.47. The molecule has 1 saturated heterocycles. The molecule has 0 aliphatic carbocycles. The third-order valence-corrected chi connectivity index (χ3v) is 5.81. The van der Waals surface area contributed by atoms with Crippen LogP contribution in [0, 0.1) is 0 Å². The van der Waals surface area contributed by atoms with E-state index < -0.39 is 5.97 Å². The lowest BCUT2D eigenvalue weighted by Gasteiger charge is -2.33. The van der Waals surface area contributed by atoms with E-state index in [1.54, 1.807) is 12.1 Å². The second-order valence-electron chi connectivity index (χ2n) is 8.14. The van der Waals surface area contributed by atoms with Crippen LogP contribution in [0.15, 0.2) is 48.5 Å². The van der Waals surface area contributed by atoms with E-state index in [-0.39, 0.29) is 30.5 Å². The lowest BCUT2D eigenvalue weighted by atomic mass is 10.1. The molecule has 0 radical (unpaired) electrons. The van der Waals surface area contributed by atoms with E-state index in [1.165, 1.54) is 5.56 Å². The fourth-order valence-electron chi connectivity index (χ4n) is 4.19. The van der Waals surface area contributed by atoms with Crippen molar-refractivity contribution in [1.82, 2.24) is 5.32 Å². The van der Waals surface area contributed by atoms with E-state index in [4.69, 9.17) is 4.74 Å². The van der Waals surface area contributed by atoms with Crippen LogP contribution >= 0.6 is 0 Å². The maximum Gasteiger partial charge on any atom is 0.338 e. The van der Waals surface area contributed by atoms with Gasteiger partial charge in [-0.15, -0.1) is 0 Å². The Kier molecular flexibility index (Phi) is 6.21. The topological polar surface area (TPSA) is 87.7 Å². The normalized spacial score (nSPS) is 17.9. The zero-order valence-corrected chi connectivity index (χ0v) is 17.6. The summed E-state index contributed by atoms with van der Waals surface area (Å²) in [5, 5.41) is 5.74. The van der Waals surface area contributed by atoms with Crippen molar-refractivity contribution in [3.63, 3.8) is 0 Å². The summed E-state index contributed by atoms with van der Waals surface area (Å²) in [4.78, 5) is 38.9. The highest BCUT2D eigenvalue weighted by atomic mass is 16.5. The van der Waals surface area contributed by atoms with Crippen LogP contribution in [0.25, 0.3) is 0 Å². The average molecular weight is 421 g/mol. The second-order valence-corrected chi connectivity index (χ2v) is 8.14. The molecule has 2 atom stereocenters. The first-order valence-corrected chi connectivity index (χ1v) is 10.7. The van der Waals surface area contributed by atoms with Crippen molar-refractivity contribution in [3.05, 3.63) is 59.7 Å². The van der Waals surface area contributed by atoms with Crippen LogP contribution in [-0.4, -0.2) is 43.0 Å². The number of carbonyl (C=O) groups is 3. The zero-order valence-electron chi connectivity index (χ0n) is 17.6. The van der Waals surface area contributed by atoms with Crippen LogP contribution < -0.4 is 15.5 Å². The van der Waals surface area contributed by atoms with Crippen molar-refractivity contribution in [3.8, 4) is 0 Å². The van der Waals surface area contributed by atoms with Gasteiger partial charge in [-0.3, -0.25) is 9.59 Å². The van der Waals surface area contributed by atoms with Gasteiger partial charge in [0.25, 0.3) is 5.91 Å². The number of nitrogens with zero attached hydrogens (tertiary/aromatic N) is 1. The van der Waals surface area contributed by atoms with E-state index in [0.717, 1.165) is 37.9 Å². The van der Waals surface area contributed by atoms with Crippen molar-refractivity contribution in [2.45, 2.75) is 44.7 Å². The summed E-state index contributed by atoms with van der Waals surface area (Å²) in [7, 11) is 0. The first-order chi connectivity index (χ1) is 15.0. The molecule has 0 unspecified atom stereocenters. The summed E-state index contributed by atoms with van der Waals surface area (Å²) >= 11 is 0. The molecule has 2 heterocycles. The smallest absolute Gasteiger partial charge is 0.338 e.